The summed E-state index contributed by atoms with van der Waals surface area (Å²) >= 11 is 3.44. The van der Waals surface area contributed by atoms with E-state index in [1.54, 1.807) is 6.08 Å². The molecule has 3 rings (SSSR count). The predicted molar refractivity (Wildman–Crippen MR) is 90.7 cm³/mol. The number of carbonyl (C=O) groups excluding carboxylic acids is 1. The van der Waals surface area contributed by atoms with Crippen LogP contribution in [0.5, 0.6) is 0 Å². The molecular weight excluding hydrogens is 342 g/mol. The molecule has 1 aliphatic rings. The standard InChI is InChI=1S/C18H14BrNO2/c1-11-7-8-12(2)13(9-11)10-16-18(21)22-17(20-16)14-5-3-4-6-15(14)19/h3-10H,1-2H3/b16-10-. The molecule has 0 radical (unpaired) electrons. The first kappa shape index (κ1) is 14.7. The number of nitrogens with zero attached hydrogens (tertiary/aromatic N) is 1. The minimum atomic E-state index is -0.424. The van der Waals surface area contributed by atoms with E-state index in [4.69, 9.17) is 4.74 Å². The first-order chi connectivity index (χ1) is 10.5. The fourth-order valence-corrected chi connectivity index (χ4v) is 2.68. The van der Waals surface area contributed by atoms with Gasteiger partial charge >= 0.3 is 5.97 Å². The number of hydrogen-bond acceptors (Lipinski definition) is 3. The van der Waals surface area contributed by atoms with Crippen LogP contribution in [0.2, 0.25) is 0 Å². The van der Waals surface area contributed by atoms with E-state index >= 15 is 0 Å². The molecular formula is C18H14BrNO2. The fraction of sp³-hybridized carbons (Fsp3) is 0.111. The Labute approximate surface area is 137 Å². The molecule has 0 spiro atoms. The van der Waals surface area contributed by atoms with Crippen LogP contribution in [0.3, 0.4) is 0 Å². The minimum absolute atomic E-state index is 0.319. The number of carbonyl (C=O) groups is 1. The second kappa shape index (κ2) is 5.89. The monoisotopic (exact) mass is 355 g/mol. The number of cyclic esters (lactones) is 1. The number of ether oxygens (including phenoxy) is 1. The zero-order valence-electron chi connectivity index (χ0n) is 12.3. The molecule has 1 heterocycles. The van der Waals surface area contributed by atoms with Crippen LogP contribution in [0.25, 0.3) is 6.08 Å². The predicted octanol–water partition coefficient (Wildman–Crippen LogP) is 4.41. The lowest BCUT2D eigenvalue weighted by molar-refractivity contribution is -0.129. The molecule has 110 valence electrons. The van der Waals surface area contributed by atoms with Crippen molar-refractivity contribution in [2.45, 2.75) is 13.8 Å². The lowest BCUT2D eigenvalue weighted by atomic mass is 10.0. The van der Waals surface area contributed by atoms with Crippen LogP contribution in [0, 0.1) is 13.8 Å². The van der Waals surface area contributed by atoms with Crippen molar-refractivity contribution in [3.05, 3.63) is 74.9 Å². The summed E-state index contributed by atoms with van der Waals surface area (Å²) in [6, 6.07) is 13.6. The Kier molecular flexibility index (Phi) is 3.94. The van der Waals surface area contributed by atoms with Gasteiger partial charge in [0.1, 0.15) is 0 Å². The van der Waals surface area contributed by atoms with E-state index in [1.165, 1.54) is 0 Å². The Balaban J connectivity index is 2.02. The number of rotatable bonds is 2. The maximum Gasteiger partial charge on any atom is 0.363 e. The molecule has 0 saturated carbocycles. The highest BCUT2D eigenvalue weighted by Crippen LogP contribution is 2.24. The summed E-state index contributed by atoms with van der Waals surface area (Å²) in [4.78, 5) is 16.4. The summed E-state index contributed by atoms with van der Waals surface area (Å²) < 4.78 is 6.14. The molecule has 0 amide bonds. The Hall–Kier alpha value is -2.20. The summed E-state index contributed by atoms with van der Waals surface area (Å²) in [7, 11) is 0. The summed E-state index contributed by atoms with van der Waals surface area (Å²) in [5, 5.41) is 0. The van der Waals surface area contributed by atoms with Crippen molar-refractivity contribution < 1.29 is 9.53 Å². The third kappa shape index (κ3) is 2.88. The fourth-order valence-electron chi connectivity index (χ4n) is 2.22. The molecule has 0 aromatic heterocycles. The Morgan fingerprint density at radius 1 is 1.14 bits per heavy atom. The van der Waals surface area contributed by atoms with Crippen LogP contribution in [0.4, 0.5) is 0 Å². The third-order valence-electron chi connectivity index (χ3n) is 3.45. The van der Waals surface area contributed by atoms with Gasteiger partial charge in [0.2, 0.25) is 5.90 Å². The van der Waals surface area contributed by atoms with Gasteiger partial charge in [0, 0.05) is 4.47 Å². The van der Waals surface area contributed by atoms with Crippen molar-refractivity contribution in [1.29, 1.82) is 0 Å². The number of halogens is 1. The molecule has 2 aromatic carbocycles. The average Bonchev–Trinajstić information content (AvgIpc) is 2.84. The maximum atomic E-state index is 12.0. The summed E-state index contributed by atoms with van der Waals surface area (Å²) in [5.41, 5.74) is 4.29. The quantitative estimate of drug-likeness (QED) is 0.591. The van der Waals surface area contributed by atoms with Crippen molar-refractivity contribution in [2.24, 2.45) is 4.99 Å². The number of aliphatic imine (C=N–C) groups is 1. The van der Waals surface area contributed by atoms with E-state index in [1.807, 2.05) is 56.3 Å². The molecule has 4 heteroatoms. The molecule has 22 heavy (non-hydrogen) atoms. The Morgan fingerprint density at radius 3 is 2.68 bits per heavy atom. The van der Waals surface area contributed by atoms with Gasteiger partial charge in [0.05, 0.1) is 5.56 Å². The molecule has 0 unspecified atom stereocenters. The van der Waals surface area contributed by atoms with Crippen molar-refractivity contribution in [1.82, 2.24) is 0 Å². The molecule has 0 bridgehead atoms. The number of hydrogen-bond donors (Lipinski definition) is 0. The van der Waals surface area contributed by atoms with Gasteiger partial charge in [0.25, 0.3) is 0 Å². The van der Waals surface area contributed by atoms with E-state index in [2.05, 4.69) is 20.9 Å². The minimum Gasteiger partial charge on any atom is -0.402 e. The highest BCUT2D eigenvalue weighted by atomic mass is 79.9. The Morgan fingerprint density at radius 2 is 1.91 bits per heavy atom. The van der Waals surface area contributed by atoms with Gasteiger partial charge in [-0.05, 0) is 59.1 Å². The lowest BCUT2D eigenvalue weighted by Crippen LogP contribution is -2.05. The van der Waals surface area contributed by atoms with Crippen LogP contribution < -0.4 is 0 Å². The molecule has 0 N–H and O–H groups in total. The highest BCUT2D eigenvalue weighted by molar-refractivity contribution is 9.10. The van der Waals surface area contributed by atoms with Gasteiger partial charge < -0.3 is 4.74 Å². The molecule has 0 aliphatic carbocycles. The van der Waals surface area contributed by atoms with Crippen molar-refractivity contribution in [3.8, 4) is 0 Å². The number of aryl methyl sites for hydroxylation is 2. The number of esters is 1. The molecule has 0 saturated heterocycles. The third-order valence-corrected chi connectivity index (χ3v) is 4.14. The van der Waals surface area contributed by atoms with Crippen LogP contribution in [-0.2, 0) is 9.53 Å². The number of benzene rings is 2. The van der Waals surface area contributed by atoms with Crippen molar-refractivity contribution in [2.75, 3.05) is 0 Å². The van der Waals surface area contributed by atoms with Crippen molar-refractivity contribution in [3.63, 3.8) is 0 Å². The first-order valence-corrected chi connectivity index (χ1v) is 7.68. The van der Waals surface area contributed by atoms with Gasteiger partial charge in [-0.3, -0.25) is 0 Å². The first-order valence-electron chi connectivity index (χ1n) is 6.89. The average molecular weight is 356 g/mol. The molecule has 3 nitrogen and oxygen atoms in total. The molecule has 0 fully saturated rings. The van der Waals surface area contributed by atoms with Gasteiger partial charge in [0.15, 0.2) is 5.70 Å². The van der Waals surface area contributed by atoms with Gasteiger partial charge in [-0.15, -0.1) is 0 Å². The second-order valence-corrected chi connectivity index (χ2v) is 6.03. The smallest absolute Gasteiger partial charge is 0.363 e. The lowest BCUT2D eigenvalue weighted by Gasteiger charge is -2.01. The van der Waals surface area contributed by atoms with E-state index < -0.39 is 5.97 Å². The zero-order valence-corrected chi connectivity index (χ0v) is 13.8. The van der Waals surface area contributed by atoms with Gasteiger partial charge in [-0.2, -0.15) is 0 Å². The van der Waals surface area contributed by atoms with Crippen LogP contribution in [0.1, 0.15) is 22.3 Å². The maximum absolute atomic E-state index is 12.0. The van der Waals surface area contributed by atoms with Crippen LogP contribution in [0.15, 0.2) is 57.6 Å². The normalized spacial score (nSPS) is 15.9. The molecule has 0 atom stereocenters. The summed E-state index contributed by atoms with van der Waals surface area (Å²) in [5.74, 6) is -0.0966. The Bertz CT molecular complexity index is 822. The van der Waals surface area contributed by atoms with E-state index in [0.717, 1.165) is 26.7 Å². The van der Waals surface area contributed by atoms with E-state index in [9.17, 15) is 4.79 Å². The van der Waals surface area contributed by atoms with Gasteiger partial charge in [-0.25, -0.2) is 9.79 Å². The van der Waals surface area contributed by atoms with E-state index in [-0.39, 0.29) is 0 Å². The van der Waals surface area contributed by atoms with Crippen LogP contribution >= 0.6 is 15.9 Å². The summed E-state index contributed by atoms with van der Waals surface area (Å²) in [6.45, 7) is 4.02. The van der Waals surface area contributed by atoms with Crippen molar-refractivity contribution >= 4 is 33.9 Å². The topological polar surface area (TPSA) is 38.7 Å². The summed E-state index contributed by atoms with van der Waals surface area (Å²) in [6.07, 6.45) is 1.77. The SMILES string of the molecule is Cc1ccc(C)c(/C=C2\N=C(c3ccccc3Br)OC2=O)c1. The molecule has 1 aliphatic heterocycles. The highest BCUT2D eigenvalue weighted by Gasteiger charge is 2.25. The second-order valence-electron chi connectivity index (χ2n) is 5.18. The van der Waals surface area contributed by atoms with E-state index in [0.29, 0.717) is 11.6 Å². The van der Waals surface area contributed by atoms with Gasteiger partial charge in [-0.1, -0.05) is 35.9 Å². The largest absolute Gasteiger partial charge is 0.402 e. The zero-order chi connectivity index (χ0) is 15.7. The molecule has 2 aromatic rings. The van der Waals surface area contributed by atoms with Crippen LogP contribution in [-0.4, -0.2) is 11.9 Å².